The molecule has 3 aromatic rings. The molecule has 1 N–H and O–H groups in total. The van der Waals surface area contributed by atoms with Gasteiger partial charge in [0.15, 0.2) is 5.58 Å². The maximum atomic E-state index is 12.6. The standard InChI is InChI=1S/C21H23ClN4O2/c1-14-9-15(2)11-17(10-14)23-21(27)26-7-5-25(6-8-26)13-20-24-18-4-3-16(22)12-19(18)28-20/h3-4,9-12H,5-8,13H2,1-2H3,(H,23,27). The molecule has 2 heterocycles. The number of aryl methyl sites for hydroxylation is 2. The van der Waals surface area contributed by atoms with Gasteiger partial charge in [-0.1, -0.05) is 17.7 Å². The number of hydrogen-bond donors (Lipinski definition) is 1. The molecular weight excluding hydrogens is 376 g/mol. The number of aromatic nitrogens is 1. The lowest BCUT2D eigenvalue weighted by molar-refractivity contribution is 0.136. The molecule has 146 valence electrons. The van der Waals surface area contributed by atoms with Crippen molar-refractivity contribution < 1.29 is 9.21 Å². The Balaban J connectivity index is 1.32. The third-order valence-electron chi connectivity index (χ3n) is 4.89. The van der Waals surface area contributed by atoms with Crippen LogP contribution in [0.3, 0.4) is 0 Å². The van der Waals surface area contributed by atoms with Crippen LogP contribution >= 0.6 is 11.6 Å². The summed E-state index contributed by atoms with van der Waals surface area (Å²) in [7, 11) is 0. The molecule has 0 atom stereocenters. The Morgan fingerprint density at radius 3 is 2.54 bits per heavy atom. The van der Waals surface area contributed by atoms with Gasteiger partial charge in [0.25, 0.3) is 0 Å². The largest absolute Gasteiger partial charge is 0.439 e. The Morgan fingerprint density at radius 2 is 1.82 bits per heavy atom. The Labute approximate surface area is 169 Å². The first-order valence-electron chi connectivity index (χ1n) is 9.38. The van der Waals surface area contributed by atoms with Gasteiger partial charge in [0.05, 0.1) is 6.54 Å². The summed E-state index contributed by atoms with van der Waals surface area (Å²) in [6.45, 7) is 7.58. The van der Waals surface area contributed by atoms with E-state index in [9.17, 15) is 4.79 Å². The summed E-state index contributed by atoms with van der Waals surface area (Å²) >= 11 is 6.00. The molecule has 1 aliphatic heterocycles. The van der Waals surface area contributed by atoms with Crippen molar-refractivity contribution in [2.24, 2.45) is 0 Å². The maximum Gasteiger partial charge on any atom is 0.321 e. The fourth-order valence-corrected chi connectivity index (χ4v) is 3.73. The minimum absolute atomic E-state index is 0.0545. The maximum absolute atomic E-state index is 12.6. The molecule has 1 aliphatic rings. The molecule has 1 fully saturated rings. The number of carbonyl (C=O) groups is 1. The molecule has 0 aliphatic carbocycles. The fraction of sp³-hybridized carbons (Fsp3) is 0.333. The van der Waals surface area contributed by atoms with Gasteiger partial charge in [-0.15, -0.1) is 0 Å². The van der Waals surface area contributed by atoms with Crippen molar-refractivity contribution in [1.29, 1.82) is 0 Å². The fourth-order valence-electron chi connectivity index (χ4n) is 3.56. The number of rotatable bonds is 3. The summed E-state index contributed by atoms with van der Waals surface area (Å²) in [6, 6.07) is 11.5. The van der Waals surface area contributed by atoms with Gasteiger partial charge in [0.2, 0.25) is 5.89 Å². The van der Waals surface area contributed by atoms with Gasteiger partial charge in [0.1, 0.15) is 5.52 Å². The average molecular weight is 399 g/mol. The second-order valence-corrected chi connectivity index (χ2v) is 7.73. The number of amides is 2. The van der Waals surface area contributed by atoms with Crippen LogP contribution in [0.5, 0.6) is 0 Å². The van der Waals surface area contributed by atoms with Gasteiger partial charge < -0.3 is 14.6 Å². The first-order valence-corrected chi connectivity index (χ1v) is 9.75. The highest BCUT2D eigenvalue weighted by Crippen LogP contribution is 2.21. The van der Waals surface area contributed by atoms with E-state index in [-0.39, 0.29) is 6.03 Å². The molecule has 1 saturated heterocycles. The number of oxazole rings is 1. The molecule has 28 heavy (non-hydrogen) atoms. The van der Waals surface area contributed by atoms with Crippen LogP contribution in [0.15, 0.2) is 40.8 Å². The van der Waals surface area contributed by atoms with Gasteiger partial charge in [0, 0.05) is 43.0 Å². The van der Waals surface area contributed by atoms with Crippen LogP contribution in [-0.4, -0.2) is 47.0 Å². The zero-order valence-corrected chi connectivity index (χ0v) is 16.8. The lowest BCUT2D eigenvalue weighted by Crippen LogP contribution is -2.49. The van der Waals surface area contributed by atoms with Crippen LogP contribution in [0, 0.1) is 13.8 Å². The van der Waals surface area contributed by atoms with Crippen LogP contribution < -0.4 is 5.32 Å². The average Bonchev–Trinajstić information content (AvgIpc) is 3.02. The predicted octanol–water partition coefficient (Wildman–Crippen LogP) is 4.45. The first-order chi connectivity index (χ1) is 13.5. The summed E-state index contributed by atoms with van der Waals surface area (Å²) in [5.74, 6) is 0.672. The van der Waals surface area contributed by atoms with Gasteiger partial charge >= 0.3 is 6.03 Å². The minimum Gasteiger partial charge on any atom is -0.439 e. The van der Waals surface area contributed by atoms with E-state index < -0.39 is 0 Å². The second-order valence-electron chi connectivity index (χ2n) is 7.29. The minimum atomic E-state index is -0.0545. The summed E-state index contributed by atoms with van der Waals surface area (Å²) < 4.78 is 5.80. The molecule has 0 bridgehead atoms. The molecule has 2 aromatic carbocycles. The van der Waals surface area contributed by atoms with Crippen molar-refractivity contribution in [3.63, 3.8) is 0 Å². The normalized spacial score (nSPS) is 15.2. The van der Waals surface area contributed by atoms with Crippen molar-refractivity contribution in [3.05, 3.63) is 58.4 Å². The van der Waals surface area contributed by atoms with Gasteiger partial charge in [-0.2, -0.15) is 0 Å². The van der Waals surface area contributed by atoms with Crippen LogP contribution in [0.2, 0.25) is 5.02 Å². The Bertz CT molecular complexity index is 989. The van der Waals surface area contributed by atoms with Crippen molar-refractivity contribution in [2.75, 3.05) is 31.5 Å². The molecular formula is C21H23ClN4O2. The highest BCUT2D eigenvalue weighted by molar-refractivity contribution is 6.31. The van der Waals surface area contributed by atoms with Crippen LogP contribution in [-0.2, 0) is 6.54 Å². The van der Waals surface area contributed by atoms with E-state index in [1.54, 1.807) is 6.07 Å². The number of halogens is 1. The number of nitrogens with zero attached hydrogens (tertiary/aromatic N) is 3. The third kappa shape index (κ3) is 4.29. The van der Waals surface area contributed by atoms with Crippen molar-refractivity contribution in [1.82, 2.24) is 14.8 Å². The highest BCUT2D eigenvalue weighted by Gasteiger charge is 2.22. The molecule has 0 radical (unpaired) electrons. The van der Waals surface area contributed by atoms with E-state index >= 15 is 0 Å². The van der Waals surface area contributed by atoms with Gasteiger partial charge in [-0.05, 0) is 49.2 Å². The van der Waals surface area contributed by atoms with Crippen molar-refractivity contribution in [2.45, 2.75) is 20.4 Å². The highest BCUT2D eigenvalue weighted by atomic mass is 35.5. The molecule has 0 spiro atoms. The van der Waals surface area contributed by atoms with E-state index in [1.807, 2.05) is 43.0 Å². The number of nitrogens with one attached hydrogen (secondary N) is 1. The zero-order valence-electron chi connectivity index (χ0n) is 16.0. The second kappa shape index (κ2) is 7.81. The number of carbonyl (C=O) groups excluding carboxylic acids is 1. The lowest BCUT2D eigenvalue weighted by atomic mass is 10.1. The predicted molar refractivity (Wildman–Crippen MR) is 111 cm³/mol. The quantitative estimate of drug-likeness (QED) is 0.708. The number of benzene rings is 2. The van der Waals surface area contributed by atoms with E-state index in [2.05, 4.69) is 21.3 Å². The summed E-state index contributed by atoms with van der Waals surface area (Å²) in [5.41, 5.74) is 4.63. The molecule has 2 amide bonds. The van der Waals surface area contributed by atoms with E-state index in [0.717, 1.165) is 35.4 Å². The summed E-state index contributed by atoms with van der Waals surface area (Å²) in [5, 5.41) is 3.64. The molecule has 6 nitrogen and oxygen atoms in total. The van der Waals surface area contributed by atoms with Crippen molar-refractivity contribution in [3.8, 4) is 0 Å². The monoisotopic (exact) mass is 398 g/mol. The van der Waals surface area contributed by atoms with Gasteiger partial charge in [-0.25, -0.2) is 9.78 Å². The van der Waals surface area contributed by atoms with Crippen molar-refractivity contribution >= 4 is 34.4 Å². The van der Waals surface area contributed by atoms with E-state index in [1.165, 1.54) is 0 Å². The Hall–Kier alpha value is -2.57. The molecule has 0 saturated carbocycles. The van der Waals surface area contributed by atoms with E-state index in [4.69, 9.17) is 16.0 Å². The summed E-state index contributed by atoms with van der Waals surface area (Å²) in [4.78, 5) is 21.2. The van der Waals surface area contributed by atoms with Crippen LogP contribution in [0.4, 0.5) is 10.5 Å². The third-order valence-corrected chi connectivity index (χ3v) is 5.12. The van der Waals surface area contributed by atoms with E-state index in [0.29, 0.717) is 36.1 Å². The topological polar surface area (TPSA) is 61.6 Å². The number of anilines is 1. The Morgan fingerprint density at radius 1 is 1.11 bits per heavy atom. The number of urea groups is 1. The molecule has 4 rings (SSSR count). The number of hydrogen-bond acceptors (Lipinski definition) is 4. The number of piperazine rings is 1. The SMILES string of the molecule is Cc1cc(C)cc(NC(=O)N2CCN(Cc3nc4ccc(Cl)cc4o3)CC2)c1. The molecule has 0 unspecified atom stereocenters. The zero-order chi connectivity index (χ0) is 19.7. The Kier molecular flexibility index (Phi) is 5.24. The first kappa shape index (κ1) is 18.8. The smallest absolute Gasteiger partial charge is 0.321 e. The van der Waals surface area contributed by atoms with Crippen LogP contribution in [0.25, 0.3) is 11.1 Å². The summed E-state index contributed by atoms with van der Waals surface area (Å²) in [6.07, 6.45) is 0. The number of fused-ring (bicyclic) bond motifs is 1. The lowest BCUT2D eigenvalue weighted by Gasteiger charge is -2.34. The van der Waals surface area contributed by atoms with Gasteiger partial charge in [-0.3, -0.25) is 4.90 Å². The molecule has 1 aromatic heterocycles. The molecule has 7 heteroatoms. The van der Waals surface area contributed by atoms with Crippen LogP contribution in [0.1, 0.15) is 17.0 Å².